The quantitative estimate of drug-likeness (QED) is 0.341. The molecular weight excluding hydrogens is 384 g/mol. The molecule has 3 aromatic rings. The third-order valence-corrected chi connectivity index (χ3v) is 4.49. The lowest BCUT2D eigenvalue weighted by Gasteiger charge is -2.00. The van der Waals surface area contributed by atoms with Crippen molar-refractivity contribution >= 4 is 34.7 Å². The van der Waals surface area contributed by atoms with Gasteiger partial charge in [-0.1, -0.05) is 40.7 Å². The van der Waals surface area contributed by atoms with Crippen molar-refractivity contribution in [2.75, 3.05) is 0 Å². The van der Waals surface area contributed by atoms with E-state index in [1.165, 1.54) is 12.1 Å². The van der Waals surface area contributed by atoms with Gasteiger partial charge in [0.1, 0.15) is 0 Å². The predicted octanol–water partition coefficient (Wildman–Crippen LogP) is 4.50. The third-order valence-electron chi connectivity index (χ3n) is 3.27. The highest BCUT2D eigenvalue weighted by Gasteiger charge is 2.17. The van der Waals surface area contributed by atoms with E-state index in [0.717, 1.165) is 17.8 Å². The van der Waals surface area contributed by atoms with Crippen molar-refractivity contribution in [3.63, 3.8) is 0 Å². The largest absolute Gasteiger partial charge is 0.327 e. The Labute approximate surface area is 155 Å². The summed E-state index contributed by atoms with van der Waals surface area (Å²) in [5.41, 5.74) is 0.304. The molecule has 0 unspecified atom stereocenters. The molecule has 132 valence electrons. The summed E-state index contributed by atoms with van der Waals surface area (Å²) in [7, 11) is 0. The number of rotatable bonds is 6. The highest BCUT2D eigenvalue weighted by Crippen LogP contribution is 2.30. The van der Waals surface area contributed by atoms with Gasteiger partial charge in [0.05, 0.1) is 20.9 Å². The maximum atomic E-state index is 10.9. The molecule has 0 bridgehead atoms. The Morgan fingerprint density at radius 2 is 1.73 bits per heavy atom. The first-order valence-corrected chi connectivity index (χ1v) is 8.44. The monoisotopic (exact) mass is 392 g/mol. The number of nitrogens with zero attached hydrogens (tertiary/aromatic N) is 4. The van der Waals surface area contributed by atoms with E-state index in [4.69, 9.17) is 16.1 Å². The topological polar surface area (TPSA) is 125 Å². The minimum Gasteiger partial charge on any atom is -0.327 e. The number of benzene rings is 2. The molecule has 0 fully saturated rings. The molecule has 0 radical (unpaired) electrons. The summed E-state index contributed by atoms with van der Waals surface area (Å²) in [5.74, 6) is 0.496. The molecule has 0 spiro atoms. The number of thioether (sulfide) groups is 1. The minimum absolute atomic E-state index is 0.187. The van der Waals surface area contributed by atoms with Crippen LogP contribution in [0.3, 0.4) is 0 Å². The minimum atomic E-state index is -0.677. The zero-order valence-corrected chi connectivity index (χ0v) is 14.4. The van der Waals surface area contributed by atoms with Crippen molar-refractivity contribution in [3.05, 3.63) is 73.3 Å². The van der Waals surface area contributed by atoms with E-state index in [1.54, 1.807) is 24.3 Å². The van der Waals surface area contributed by atoms with Crippen LogP contribution in [0, 0.1) is 20.2 Å². The van der Waals surface area contributed by atoms with E-state index < -0.39 is 9.85 Å². The molecule has 9 nitrogen and oxygen atoms in total. The number of hydrogen-bond donors (Lipinski definition) is 0. The lowest BCUT2D eigenvalue weighted by Crippen LogP contribution is -1.95. The van der Waals surface area contributed by atoms with Crippen LogP contribution >= 0.6 is 23.4 Å². The maximum Gasteiger partial charge on any atom is 0.286 e. The molecule has 0 amide bonds. The summed E-state index contributed by atoms with van der Waals surface area (Å²) < 4.78 is 5.13. The van der Waals surface area contributed by atoms with Crippen LogP contribution in [0.15, 0.2) is 52.2 Å². The smallest absolute Gasteiger partial charge is 0.286 e. The second kappa shape index (κ2) is 7.50. The molecule has 11 heteroatoms. The number of halogens is 1. The molecule has 0 atom stereocenters. The van der Waals surface area contributed by atoms with Crippen LogP contribution < -0.4 is 0 Å². The maximum absolute atomic E-state index is 10.9. The highest BCUT2D eigenvalue weighted by atomic mass is 35.5. The van der Waals surface area contributed by atoms with E-state index in [1.807, 2.05) is 0 Å². The fourth-order valence-corrected chi connectivity index (χ4v) is 3.03. The molecule has 1 aromatic heterocycles. The Kier molecular flexibility index (Phi) is 5.14. The molecular formula is C15H9ClN4O5S. The molecule has 0 aliphatic heterocycles. The van der Waals surface area contributed by atoms with Gasteiger partial charge in [-0.2, -0.15) is 4.98 Å². The van der Waals surface area contributed by atoms with E-state index in [2.05, 4.69) is 10.1 Å². The van der Waals surface area contributed by atoms with Crippen LogP contribution in [0.5, 0.6) is 0 Å². The van der Waals surface area contributed by atoms with Gasteiger partial charge >= 0.3 is 0 Å². The van der Waals surface area contributed by atoms with Crippen molar-refractivity contribution in [2.45, 2.75) is 11.0 Å². The van der Waals surface area contributed by atoms with Gasteiger partial charge in [0, 0.05) is 23.4 Å². The number of nitro benzene ring substituents is 2. The lowest BCUT2D eigenvalue weighted by atomic mass is 10.2. The van der Waals surface area contributed by atoms with Gasteiger partial charge in [0.15, 0.2) is 0 Å². The Morgan fingerprint density at radius 1 is 1.08 bits per heavy atom. The fraction of sp³-hybridized carbons (Fsp3) is 0.0667. The van der Waals surface area contributed by atoms with Gasteiger partial charge in [-0.3, -0.25) is 20.2 Å². The molecule has 0 N–H and O–H groups in total. The third kappa shape index (κ3) is 3.98. The molecule has 0 saturated carbocycles. The molecule has 0 aliphatic rings. The van der Waals surface area contributed by atoms with Crippen LogP contribution in [0.2, 0.25) is 5.02 Å². The van der Waals surface area contributed by atoms with Crippen LogP contribution in [-0.2, 0) is 5.75 Å². The van der Waals surface area contributed by atoms with Gasteiger partial charge in [0.25, 0.3) is 16.6 Å². The Balaban J connectivity index is 1.79. The fourth-order valence-electron chi connectivity index (χ4n) is 2.12. The normalized spacial score (nSPS) is 10.7. The molecule has 0 saturated heterocycles. The van der Waals surface area contributed by atoms with Crippen molar-refractivity contribution < 1.29 is 14.4 Å². The summed E-state index contributed by atoms with van der Waals surface area (Å²) in [6.45, 7) is 0. The van der Waals surface area contributed by atoms with Crippen molar-refractivity contribution in [3.8, 4) is 11.4 Å². The number of aromatic nitrogens is 2. The van der Waals surface area contributed by atoms with Crippen molar-refractivity contribution in [2.24, 2.45) is 0 Å². The zero-order chi connectivity index (χ0) is 18.7. The highest BCUT2D eigenvalue weighted by molar-refractivity contribution is 7.98. The van der Waals surface area contributed by atoms with Crippen molar-refractivity contribution in [1.29, 1.82) is 0 Å². The summed E-state index contributed by atoms with van der Waals surface area (Å²) >= 11 is 7.19. The van der Waals surface area contributed by atoms with E-state index >= 15 is 0 Å². The van der Waals surface area contributed by atoms with Crippen molar-refractivity contribution in [1.82, 2.24) is 10.1 Å². The van der Waals surface area contributed by atoms with Gasteiger partial charge in [-0.25, -0.2) is 0 Å². The molecule has 0 aliphatic carbocycles. The molecule has 26 heavy (non-hydrogen) atoms. The van der Waals surface area contributed by atoms with E-state index in [0.29, 0.717) is 22.0 Å². The van der Waals surface area contributed by atoms with E-state index in [-0.39, 0.29) is 22.4 Å². The van der Waals surface area contributed by atoms with Gasteiger partial charge in [-0.15, -0.1) is 0 Å². The summed E-state index contributed by atoms with van der Waals surface area (Å²) in [6, 6.07) is 10.4. The van der Waals surface area contributed by atoms with Crippen LogP contribution in [0.4, 0.5) is 11.4 Å². The van der Waals surface area contributed by atoms with Gasteiger partial charge < -0.3 is 4.52 Å². The number of hydrogen-bond acceptors (Lipinski definition) is 8. The average Bonchev–Trinajstić information content (AvgIpc) is 3.08. The first-order valence-electron chi connectivity index (χ1n) is 7.08. The van der Waals surface area contributed by atoms with Gasteiger partial charge in [-0.05, 0) is 17.7 Å². The Hall–Kier alpha value is -2.98. The SMILES string of the molecule is O=[N+]([O-])c1cc(CSc2nc(-c3ccccc3Cl)no2)cc([N+](=O)[O-])c1. The molecule has 2 aromatic carbocycles. The Bertz CT molecular complexity index is 961. The van der Waals surface area contributed by atoms with Crippen LogP contribution in [-0.4, -0.2) is 20.0 Å². The lowest BCUT2D eigenvalue weighted by molar-refractivity contribution is -0.394. The average molecular weight is 393 g/mol. The van der Waals surface area contributed by atoms with Crippen LogP contribution in [0.1, 0.15) is 5.56 Å². The number of non-ortho nitro benzene ring substituents is 2. The first kappa shape index (κ1) is 17.8. The molecule has 3 rings (SSSR count). The second-order valence-corrected chi connectivity index (χ2v) is 6.36. The first-order chi connectivity index (χ1) is 12.4. The van der Waals surface area contributed by atoms with E-state index in [9.17, 15) is 20.2 Å². The zero-order valence-electron chi connectivity index (χ0n) is 12.9. The number of nitro groups is 2. The second-order valence-electron chi connectivity index (χ2n) is 5.02. The molecule has 1 heterocycles. The standard InChI is InChI=1S/C15H9ClN4O5S/c16-13-4-2-1-3-12(13)14-17-15(25-18-14)26-8-9-5-10(19(21)22)7-11(6-9)20(23)24/h1-7H,8H2. The van der Waals surface area contributed by atoms with Gasteiger partial charge in [0.2, 0.25) is 5.82 Å². The van der Waals surface area contributed by atoms with Crippen LogP contribution in [0.25, 0.3) is 11.4 Å². The predicted molar refractivity (Wildman–Crippen MR) is 94.1 cm³/mol. The Morgan fingerprint density at radius 3 is 2.35 bits per heavy atom. The summed E-state index contributed by atoms with van der Waals surface area (Å²) in [4.78, 5) is 24.7. The summed E-state index contributed by atoms with van der Waals surface area (Å²) in [6.07, 6.45) is 0. The summed E-state index contributed by atoms with van der Waals surface area (Å²) in [5, 5.41) is 26.4.